The number of aryl methyl sites for hydroxylation is 3. The van der Waals surface area contributed by atoms with E-state index in [1.807, 2.05) is 29.7 Å². The molecule has 8 nitrogen and oxygen atoms in total. The van der Waals surface area contributed by atoms with E-state index >= 15 is 0 Å². The third kappa shape index (κ3) is 3.29. The summed E-state index contributed by atoms with van der Waals surface area (Å²) < 4.78 is 7.61. The Labute approximate surface area is 181 Å². The standard InChI is InChI=1S/C23H28N4O4/c1-13-6-16-8-21(31-20(16)7-14(13)2)23(30)27-11-17-9-18(27)10-26(17)22(29)19-12-25(4-5-28)24-15(19)3/h6-7,12,17-18,21,28H,4-5,8-11H2,1-3H3/t17-,18-,21?/m0/s1. The van der Waals surface area contributed by atoms with Gasteiger partial charge in [0.1, 0.15) is 5.75 Å². The van der Waals surface area contributed by atoms with Crippen molar-refractivity contribution in [2.45, 2.75) is 58.3 Å². The van der Waals surface area contributed by atoms with Crippen molar-refractivity contribution < 1.29 is 19.4 Å². The lowest BCUT2D eigenvalue weighted by molar-refractivity contribution is -0.140. The average molecular weight is 425 g/mol. The van der Waals surface area contributed by atoms with Crippen molar-refractivity contribution in [3.8, 4) is 5.75 Å². The molecule has 1 aromatic carbocycles. The Morgan fingerprint density at radius 3 is 2.55 bits per heavy atom. The number of aromatic nitrogens is 2. The van der Waals surface area contributed by atoms with Gasteiger partial charge < -0.3 is 19.6 Å². The number of rotatable bonds is 4. The zero-order chi connectivity index (χ0) is 21.9. The van der Waals surface area contributed by atoms with Gasteiger partial charge in [-0.25, -0.2) is 0 Å². The van der Waals surface area contributed by atoms with Gasteiger partial charge in [-0.15, -0.1) is 0 Å². The van der Waals surface area contributed by atoms with Gasteiger partial charge in [-0.3, -0.25) is 14.3 Å². The molecule has 0 saturated carbocycles. The van der Waals surface area contributed by atoms with E-state index < -0.39 is 6.10 Å². The molecular formula is C23H28N4O4. The average Bonchev–Trinajstić information content (AvgIpc) is 3.50. The molecule has 8 heteroatoms. The lowest BCUT2D eigenvalue weighted by atomic mass is 10.0. The molecule has 164 valence electrons. The molecule has 3 aliphatic heterocycles. The van der Waals surface area contributed by atoms with Gasteiger partial charge in [-0.05, 0) is 49.9 Å². The first-order valence-corrected chi connectivity index (χ1v) is 10.9. The monoisotopic (exact) mass is 424 g/mol. The molecule has 3 atom stereocenters. The number of fused-ring (bicyclic) bond motifs is 3. The molecule has 2 bridgehead atoms. The number of hydrogen-bond acceptors (Lipinski definition) is 5. The summed E-state index contributed by atoms with van der Waals surface area (Å²) in [6.07, 6.45) is 2.64. The number of benzene rings is 1. The van der Waals surface area contributed by atoms with Crippen LogP contribution in [-0.2, 0) is 17.8 Å². The second-order valence-corrected chi connectivity index (χ2v) is 8.96. The molecule has 5 rings (SSSR count). The third-order valence-electron chi connectivity index (χ3n) is 6.92. The molecule has 2 amide bonds. The molecule has 2 aromatic rings. The minimum absolute atomic E-state index is 0.0214. The van der Waals surface area contributed by atoms with Gasteiger partial charge in [0.2, 0.25) is 0 Å². The highest BCUT2D eigenvalue weighted by Crippen LogP contribution is 2.36. The van der Waals surface area contributed by atoms with E-state index in [1.165, 1.54) is 11.1 Å². The van der Waals surface area contributed by atoms with E-state index in [0.29, 0.717) is 37.3 Å². The summed E-state index contributed by atoms with van der Waals surface area (Å²) in [7, 11) is 0. The van der Waals surface area contributed by atoms with Crippen LogP contribution in [0.4, 0.5) is 0 Å². The van der Waals surface area contributed by atoms with E-state index in [0.717, 1.165) is 17.7 Å². The summed E-state index contributed by atoms with van der Waals surface area (Å²) in [6.45, 7) is 7.37. The first kappa shape index (κ1) is 20.1. The van der Waals surface area contributed by atoms with Crippen LogP contribution in [0.3, 0.4) is 0 Å². The quantitative estimate of drug-likeness (QED) is 0.798. The van der Waals surface area contributed by atoms with Crippen LogP contribution < -0.4 is 4.74 Å². The van der Waals surface area contributed by atoms with Crippen molar-refractivity contribution in [1.29, 1.82) is 0 Å². The van der Waals surface area contributed by atoms with E-state index in [-0.39, 0.29) is 30.5 Å². The third-order valence-corrected chi connectivity index (χ3v) is 6.92. The minimum atomic E-state index is -0.473. The number of piperazine rings is 1. The van der Waals surface area contributed by atoms with Crippen LogP contribution >= 0.6 is 0 Å². The molecule has 3 aliphatic rings. The summed E-state index contributed by atoms with van der Waals surface area (Å²) in [5.41, 5.74) is 4.70. The predicted molar refractivity (Wildman–Crippen MR) is 113 cm³/mol. The smallest absolute Gasteiger partial charge is 0.264 e. The van der Waals surface area contributed by atoms with Crippen molar-refractivity contribution in [2.75, 3.05) is 19.7 Å². The fourth-order valence-corrected chi connectivity index (χ4v) is 5.12. The van der Waals surface area contributed by atoms with E-state index in [1.54, 1.807) is 10.9 Å². The van der Waals surface area contributed by atoms with E-state index in [4.69, 9.17) is 9.84 Å². The zero-order valence-electron chi connectivity index (χ0n) is 18.2. The first-order valence-electron chi connectivity index (χ1n) is 10.9. The molecule has 4 heterocycles. The Balaban J connectivity index is 1.25. The van der Waals surface area contributed by atoms with Crippen LogP contribution in [-0.4, -0.2) is 74.4 Å². The maximum absolute atomic E-state index is 13.2. The lowest BCUT2D eigenvalue weighted by Crippen LogP contribution is -2.53. The van der Waals surface area contributed by atoms with Crippen LogP contribution in [0.25, 0.3) is 0 Å². The minimum Gasteiger partial charge on any atom is -0.480 e. The lowest BCUT2D eigenvalue weighted by Gasteiger charge is -2.35. The van der Waals surface area contributed by atoms with Gasteiger partial charge in [-0.1, -0.05) is 6.07 Å². The molecule has 1 N–H and O–H groups in total. The summed E-state index contributed by atoms with van der Waals surface area (Å²) >= 11 is 0. The van der Waals surface area contributed by atoms with Crippen LogP contribution in [0, 0.1) is 20.8 Å². The van der Waals surface area contributed by atoms with Gasteiger partial charge in [-0.2, -0.15) is 5.10 Å². The fraction of sp³-hybridized carbons (Fsp3) is 0.522. The highest BCUT2D eigenvalue weighted by Gasteiger charge is 2.49. The Morgan fingerprint density at radius 1 is 1.13 bits per heavy atom. The summed E-state index contributed by atoms with van der Waals surface area (Å²) in [5.74, 6) is 0.799. The van der Waals surface area contributed by atoms with Crippen LogP contribution in [0.1, 0.15) is 39.2 Å². The van der Waals surface area contributed by atoms with Gasteiger partial charge in [0.05, 0.1) is 36.5 Å². The predicted octanol–water partition coefficient (Wildman–Crippen LogP) is 1.23. The number of nitrogens with zero attached hydrogens (tertiary/aromatic N) is 4. The molecule has 31 heavy (non-hydrogen) atoms. The number of carbonyl (C=O) groups excluding carboxylic acids is 2. The SMILES string of the molecule is Cc1cc2c(cc1C)OC(C(=O)N1C[C@@H]3C[C@H]1CN3C(=O)c1cn(CCO)nc1C)C2. The maximum atomic E-state index is 13.2. The van der Waals surface area contributed by atoms with E-state index in [9.17, 15) is 9.59 Å². The van der Waals surface area contributed by atoms with Crippen LogP contribution in [0.5, 0.6) is 5.75 Å². The molecule has 1 unspecified atom stereocenters. The van der Waals surface area contributed by atoms with Crippen molar-refractivity contribution in [1.82, 2.24) is 19.6 Å². The number of aliphatic hydroxyl groups excluding tert-OH is 1. The number of hydrogen-bond donors (Lipinski definition) is 1. The maximum Gasteiger partial charge on any atom is 0.264 e. The van der Waals surface area contributed by atoms with Crippen molar-refractivity contribution >= 4 is 11.8 Å². The molecule has 0 radical (unpaired) electrons. The number of ether oxygens (including phenoxy) is 1. The summed E-state index contributed by atoms with van der Waals surface area (Å²) in [6, 6.07) is 4.20. The first-order chi connectivity index (χ1) is 14.9. The van der Waals surface area contributed by atoms with Crippen molar-refractivity contribution in [3.63, 3.8) is 0 Å². The topological polar surface area (TPSA) is 87.9 Å². The Hall–Kier alpha value is -2.87. The fourth-order valence-electron chi connectivity index (χ4n) is 5.12. The van der Waals surface area contributed by atoms with Gasteiger partial charge in [0.15, 0.2) is 6.10 Å². The second-order valence-electron chi connectivity index (χ2n) is 8.96. The highest BCUT2D eigenvalue weighted by molar-refractivity contribution is 5.96. The largest absolute Gasteiger partial charge is 0.480 e. The van der Waals surface area contributed by atoms with E-state index in [2.05, 4.69) is 18.1 Å². The van der Waals surface area contributed by atoms with Gasteiger partial charge >= 0.3 is 0 Å². The normalized spacial score (nSPS) is 23.9. The molecule has 1 aromatic heterocycles. The zero-order valence-corrected chi connectivity index (χ0v) is 18.2. The summed E-state index contributed by atoms with van der Waals surface area (Å²) in [5, 5.41) is 13.4. The second kappa shape index (κ2) is 7.37. The van der Waals surface area contributed by atoms with Crippen LogP contribution in [0.15, 0.2) is 18.3 Å². The number of carbonyl (C=O) groups is 2. The Kier molecular flexibility index (Phi) is 4.77. The number of aliphatic hydroxyl groups is 1. The number of amides is 2. The van der Waals surface area contributed by atoms with Gasteiger partial charge in [0.25, 0.3) is 11.8 Å². The molecular weight excluding hydrogens is 396 g/mol. The van der Waals surface area contributed by atoms with Crippen LogP contribution in [0.2, 0.25) is 0 Å². The number of likely N-dealkylation sites (tertiary alicyclic amines) is 2. The Morgan fingerprint density at radius 2 is 1.84 bits per heavy atom. The summed E-state index contributed by atoms with van der Waals surface area (Å²) in [4.78, 5) is 30.1. The van der Waals surface area contributed by atoms with Crippen molar-refractivity contribution in [3.05, 3.63) is 46.3 Å². The Bertz CT molecular complexity index is 1030. The molecule has 2 saturated heterocycles. The molecule has 0 spiro atoms. The van der Waals surface area contributed by atoms with Gasteiger partial charge in [0, 0.05) is 25.7 Å². The highest BCUT2D eigenvalue weighted by atomic mass is 16.5. The molecule has 0 aliphatic carbocycles. The molecule has 2 fully saturated rings. The van der Waals surface area contributed by atoms with Crippen molar-refractivity contribution in [2.24, 2.45) is 0 Å².